The molecule has 6 nitrogen and oxygen atoms in total. The van der Waals surface area contributed by atoms with Crippen molar-refractivity contribution in [3.8, 4) is 5.75 Å². The molecule has 0 saturated carbocycles. The summed E-state index contributed by atoms with van der Waals surface area (Å²) in [5.74, 6) is 6.52. The first-order valence-electron chi connectivity index (χ1n) is 6.21. The molecule has 102 valence electrons. The molecule has 2 heterocycles. The Bertz CT molecular complexity index is 627. The number of hydrazine groups is 1. The molecule has 3 rings (SSSR count). The van der Waals surface area contributed by atoms with Crippen LogP contribution in [0.25, 0.3) is 0 Å². The molecule has 1 aliphatic heterocycles. The van der Waals surface area contributed by atoms with Gasteiger partial charge in [0.25, 0.3) is 5.91 Å². The highest BCUT2D eigenvalue weighted by Gasteiger charge is 2.25. The normalized spacial score (nSPS) is 13.7. The Morgan fingerprint density at radius 1 is 1.30 bits per heavy atom. The Labute approximate surface area is 116 Å². The molecule has 6 heteroatoms. The molecule has 1 aliphatic rings. The van der Waals surface area contributed by atoms with Crippen LogP contribution in [0.5, 0.6) is 5.75 Å². The van der Waals surface area contributed by atoms with Gasteiger partial charge in [-0.05, 0) is 23.8 Å². The van der Waals surface area contributed by atoms with E-state index in [9.17, 15) is 4.79 Å². The smallest absolute Gasteiger partial charge is 0.265 e. The minimum absolute atomic E-state index is 0.0624. The number of anilines is 2. The van der Waals surface area contributed by atoms with Gasteiger partial charge in [0.05, 0.1) is 12.2 Å². The van der Waals surface area contributed by atoms with Gasteiger partial charge in [-0.3, -0.25) is 4.79 Å². The van der Waals surface area contributed by atoms with Crippen molar-refractivity contribution < 1.29 is 9.53 Å². The fraction of sp³-hybridized carbons (Fsp3) is 0.143. The number of fused-ring (bicyclic) bond motifs is 1. The molecular formula is C14H14N4O2. The van der Waals surface area contributed by atoms with Gasteiger partial charge in [0, 0.05) is 6.20 Å². The first-order valence-corrected chi connectivity index (χ1v) is 6.21. The lowest BCUT2D eigenvalue weighted by Crippen LogP contribution is -2.38. The summed E-state index contributed by atoms with van der Waals surface area (Å²) >= 11 is 0. The second-order valence-electron chi connectivity index (χ2n) is 4.43. The molecule has 0 bridgehead atoms. The van der Waals surface area contributed by atoms with E-state index in [0.717, 1.165) is 17.0 Å². The summed E-state index contributed by atoms with van der Waals surface area (Å²) in [6, 6.07) is 11.1. The number of benzene rings is 1. The van der Waals surface area contributed by atoms with Crippen LogP contribution in [0.1, 0.15) is 5.56 Å². The zero-order chi connectivity index (χ0) is 13.9. The van der Waals surface area contributed by atoms with Crippen molar-refractivity contribution in [1.29, 1.82) is 0 Å². The number of hydrogen-bond donors (Lipinski definition) is 2. The topological polar surface area (TPSA) is 80.5 Å². The minimum atomic E-state index is -0.0651. The molecule has 0 radical (unpaired) electrons. The number of nitrogens with two attached hydrogens (primary N) is 1. The SMILES string of the molecule is NNc1ccc(CN2C(=O)COc3ccccc32)cn1. The summed E-state index contributed by atoms with van der Waals surface area (Å²) in [5, 5.41) is 0. The van der Waals surface area contributed by atoms with Crippen LogP contribution in [0, 0.1) is 0 Å². The molecule has 0 spiro atoms. The van der Waals surface area contributed by atoms with Gasteiger partial charge in [-0.15, -0.1) is 0 Å². The zero-order valence-electron chi connectivity index (χ0n) is 10.7. The number of ether oxygens (including phenoxy) is 1. The number of nitrogen functional groups attached to an aromatic ring is 1. The number of rotatable bonds is 3. The van der Waals surface area contributed by atoms with E-state index >= 15 is 0 Å². The Morgan fingerprint density at radius 3 is 2.90 bits per heavy atom. The van der Waals surface area contributed by atoms with Crippen LogP contribution >= 0.6 is 0 Å². The largest absolute Gasteiger partial charge is 0.482 e. The third kappa shape index (κ3) is 2.28. The van der Waals surface area contributed by atoms with Crippen molar-refractivity contribution in [3.05, 3.63) is 48.2 Å². The highest BCUT2D eigenvalue weighted by molar-refractivity contribution is 5.97. The average molecular weight is 270 g/mol. The molecule has 1 aromatic carbocycles. The van der Waals surface area contributed by atoms with Crippen molar-refractivity contribution in [2.75, 3.05) is 16.9 Å². The third-order valence-corrected chi connectivity index (χ3v) is 3.12. The summed E-state index contributed by atoms with van der Waals surface area (Å²) in [7, 11) is 0. The van der Waals surface area contributed by atoms with E-state index in [-0.39, 0.29) is 12.5 Å². The van der Waals surface area contributed by atoms with Gasteiger partial charge < -0.3 is 15.1 Å². The number of para-hydroxylation sites is 2. The standard InChI is InChI=1S/C14H14N4O2/c15-17-13-6-5-10(7-16-13)8-18-11-3-1-2-4-12(11)20-9-14(18)19/h1-7H,8-9,15H2,(H,16,17). The third-order valence-electron chi connectivity index (χ3n) is 3.12. The van der Waals surface area contributed by atoms with Crippen molar-refractivity contribution in [2.24, 2.45) is 5.84 Å². The van der Waals surface area contributed by atoms with E-state index in [2.05, 4.69) is 10.4 Å². The fourth-order valence-electron chi connectivity index (χ4n) is 2.11. The summed E-state index contributed by atoms with van der Waals surface area (Å²) < 4.78 is 5.41. The monoisotopic (exact) mass is 270 g/mol. The molecular weight excluding hydrogens is 256 g/mol. The highest BCUT2D eigenvalue weighted by atomic mass is 16.5. The number of pyridine rings is 1. The maximum absolute atomic E-state index is 12.0. The van der Waals surface area contributed by atoms with Crippen molar-refractivity contribution >= 4 is 17.4 Å². The van der Waals surface area contributed by atoms with E-state index in [1.54, 1.807) is 17.2 Å². The number of carbonyl (C=O) groups is 1. The molecule has 0 atom stereocenters. The quantitative estimate of drug-likeness (QED) is 0.649. The van der Waals surface area contributed by atoms with Crippen molar-refractivity contribution in [1.82, 2.24) is 4.98 Å². The Morgan fingerprint density at radius 2 is 2.15 bits per heavy atom. The second-order valence-corrected chi connectivity index (χ2v) is 4.43. The number of nitrogens with zero attached hydrogens (tertiary/aromatic N) is 2. The predicted octanol–water partition coefficient (Wildman–Crippen LogP) is 1.29. The molecule has 0 saturated heterocycles. The lowest BCUT2D eigenvalue weighted by atomic mass is 10.2. The highest BCUT2D eigenvalue weighted by Crippen LogP contribution is 2.32. The maximum Gasteiger partial charge on any atom is 0.265 e. The first-order chi connectivity index (χ1) is 9.78. The number of hydrogen-bond acceptors (Lipinski definition) is 5. The molecule has 2 aromatic rings. The fourth-order valence-corrected chi connectivity index (χ4v) is 2.11. The summed E-state index contributed by atoms with van der Waals surface area (Å²) in [6.07, 6.45) is 1.69. The van der Waals surface area contributed by atoms with Crippen LogP contribution in [0.4, 0.5) is 11.5 Å². The van der Waals surface area contributed by atoms with E-state index in [1.807, 2.05) is 30.3 Å². The summed E-state index contributed by atoms with van der Waals surface area (Å²) in [6.45, 7) is 0.518. The Hall–Kier alpha value is -2.60. The molecule has 3 N–H and O–H groups in total. The Kier molecular flexibility index (Phi) is 3.22. The number of nitrogens with one attached hydrogen (secondary N) is 1. The van der Waals surface area contributed by atoms with Crippen LogP contribution in [-0.4, -0.2) is 17.5 Å². The van der Waals surface area contributed by atoms with E-state index in [4.69, 9.17) is 10.6 Å². The van der Waals surface area contributed by atoms with Gasteiger partial charge in [-0.25, -0.2) is 10.8 Å². The number of carbonyl (C=O) groups excluding carboxylic acids is 1. The predicted molar refractivity (Wildman–Crippen MR) is 75.2 cm³/mol. The molecule has 0 aliphatic carbocycles. The lowest BCUT2D eigenvalue weighted by molar-refractivity contribution is -0.121. The van der Waals surface area contributed by atoms with Gasteiger partial charge in [-0.2, -0.15) is 0 Å². The van der Waals surface area contributed by atoms with E-state index in [1.165, 1.54) is 0 Å². The Balaban J connectivity index is 1.87. The van der Waals surface area contributed by atoms with Crippen LogP contribution in [0.2, 0.25) is 0 Å². The minimum Gasteiger partial charge on any atom is -0.482 e. The maximum atomic E-state index is 12.0. The molecule has 0 fully saturated rings. The van der Waals surface area contributed by atoms with Crippen LogP contribution in [-0.2, 0) is 11.3 Å². The van der Waals surface area contributed by atoms with E-state index in [0.29, 0.717) is 12.4 Å². The molecule has 1 aromatic heterocycles. The average Bonchev–Trinajstić information content (AvgIpc) is 2.51. The van der Waals surface area contributed by atoms with E-state index < -0.39 is 0 Å². The van der Waals surface area contributed by atoms with Gasteiger partial charge >= 0.3 is 0 Å². The summed E-state index contributed by atoms with van der Waals surface area (Å²) in [5.41, 5.74) is 4.18. The first kappa shape index (κ1) is 12.4. The number of aromatic nitrogens is 1. The summed E-state index contributed by atoms with van der Waals surface area (Å²) in [4.78, 5) is 17.9. The second kappa shape index (κ2) is 5.18. The molecule has 0 unspecified atom stereocenters. The van der Waals surface area contributed by atoms with Gasteiger partial charge in [0.15, 0.2) is 6.61 Å². The molecule has 1 amide bonds. The van der Waals surface area contributed by atoms with Gasteiger partial charge in [0.1, 0.15) is 11.6 Å². The van der Waals surface area contributed by atoms with Crippen LogP contribution in [0.15, 0.2) is 42.6 Å². The van der Waals surface area contributed by atoms with Crippen molar-refractivity contribution in [2.45, 2.75) is 6.54 Å². The number of amides is 1. The zero-order valence-corrected chi connectivity index (χ0v) is 10.7. The van der Waals surface area contributed by atoms with Crippen LogP contribution < -0.4 is 20.9 Å². The van der Waals surface area contributed by atoms with Crippen molar-refractivity contribution in [3.63, 3.8) is 0 Å². The molecule has 20 heavy (non-hydrogen) atoms. The lowest BCUT2D eigenvalue weighted by Gasteiger charge is -2.29. The van der Waals surface area contributed by atoms with Crippen LogP contribution in [0.3, 0.4) is 0 Å². The van der Waals surface area contributed by atoms with Gasteiger partial charge in [-0.1, -0.05) is 18.2 Å². The van der Waals surface area contributed by atoms with Gasteiger partial charge in [0.2, 0.25) is 0 Å².